The second kappa shape index (κ2) is 6.10. The molecule has 0 fully saturated rings. The first-order valence-electron chi connectivity index (χ1n) is 2.95. The number of hydrogen-bond acceptors (Lipinski definition) is 1. The van der Waals surface area contributed by atoms with Crippen molar-refractivity contribution in [1.82, 2.24) is 0 Å². The quantitative estimate of drug-likeness (QED) is 0.705. The van der Waals surface area contributed by atoms with Crippen LogP contribution in [0.3, 0.4) is 0 Å². The zero-order valence-corrected chi connectivity index (χ0v) is 6.72. The van der Waals surface area contributed by atoms with Crippen molar-refractivity contribution >= 4 is 5.97 Å². The molecule has 0 rings (SSSR count). The molecular weight excluding hydrogens is 163 g/mol. The van der Waals surface area contributed by atoms with Gasteiger partial charge in [-0.05, 0) is 12.8 Å². The van der Waals surface area contributed by atoms with Crippen LogP contribution in [0, 0.1) is 5.92 Å². The Kier molecular flexibility index (Phi) is 7.96. The van der Waals surface area contributed by atoms with Crippen LogP contribution in [-0.4, -0.2) is 11.1 Å². The first-order chi connectivity index (χ1) is 3.72. The molecule has 0 aliphatic rings. The third-order valence-corrected chi connectivity index (χ3v) is 1.33. The van der Waals surface area contributed by atoms with Gasteiger partial charge in [-0.1, -0.05) is 13.8 Å². The van der Waals surface area contributed by atoms with E-state index in [-0.39, 0.29) is 22.7 Å². The van der Waals surface area contributed by atoms with Crippen molar-refractivity contribution in [3.05, 3.63) is 0 Å². The van der Waals surface area contributed by atoms with E-state index < -0.39 is 5.97 Å². The van der Waals surface area contributed by atoms with Crippen LogP contribution in [0.25, 0.3) is 0 Å². The molecule has 0 heterocycles. The predicted octanol–water partition coefficient (Wildman–Crippen LogP) is 1.50. The number of rotatable bonds is 3. The van der Waals surface area contributed by atoms with E-state index in [1.165, 1.54) is 0 Å². The minimum Gasteiger partial charge on any atom is -0.481 e. The third-order valence-electron chi connectivity index (χ3n) is 1.33. The van der Waals surface area contributed by atoms with Crippen molar-refractivity contribution in [2.75, 3.05) is 0 Å². The Morgan fingerprint density at radius 3 is 1.78 bits per heavy atom. The monoisotopic (exact) mass is 175 g/mol. The van der Waals surface area contributed by atoms with Crippen molar-refractivity contribution in [1.29, 1.82) is 0 Å². The van der Waals surface area contributed by atoms with Crippen LogP contribution in [0.2, 0.25) is 0 Å². The Morgan fingerprint density at radius 2 is 1.78 bits per heavy atom. The Labute approximate surface area is 65.8 Å². The third kappa shape index (κ3) is 4.48. The predicted molar refractivity (Wildman–Crippen MR) is 31.7 cm³/mol. The SMILES string of the molecule is CCC(CC)C(=O)O.[Co]. The van der Waals surface area contributed by atoms with Crippen molar-refractivity contribution in [2.45, 2.75) is 26.7 Å². The summed E-state index contributed by atoms with van der Waals surface area (Å²) < 4.78 is 0. The number of carboxylic acid groups (broad SMARTS) is 1. The van der Waals surface area contributed by atoms with E-state index in [0.29, 0.717) is 0 Å². The number of hydrogen-bond donors (Lipinski definition) is 1. The van der Waals surface area contributed by atoms with Gasteiger partial charge in [0.2, 0.25) is 0 Å². The number of aliphatic carboxylic acids is 1. The van der Waals surface area contributed by atoms with Crippen LogP contribution in [0.15, 0.2) is 0 Å². The molecule has 0 unspecified atom stereocenters. The first kappa shape index (κ1) is 11.7. The van der Waals surface area contributed by atoms with Crippen molar-refractivity contribution in [2.24, 2.45) is 5.92 Å². The fourth-order valence-electron chi connectivity index (χ4n) is 0.638. The maximum atomic E-state index is 10.2. The molecule has 57 valence electrons. The van der Waals surface area contributed by atoms with Crippen molar-refractivity contribution in [3.63, 3.8) is 0 Å². The van der Waals surface area contributed by atoms with Gasteiger partial charge in [-0.15, -0.1) is 0 Å². The molecule has 0 spiro atoms. The van der Waals surface area contributed by atoms with E-state index in [1.807, 2.05) is 13.8 Å². The van der Waals surface area contributed by atoms with E-state index in [4.69, 9.17) is 5.11 Å². The fraction of sp³-hybridized carbons (Fsp3) is 0.833. The van der Waals surface area contributed by atoms with Gasteiger partial charge < -0.3 is 5.11 Å². The second-order valence-electron chi connectivity index (χ2n) is 1.85. The van der Waals surface area contributed by atoms with Crippen molar-refractivity contribution < 1.29 is 26.7 Å². The second-order valence-corrected chi connectivity index (χ2v) is 1.85. The summed E-state index contributed by atoms with van der Waals surface area (Å²) >= 11 is 0. The molecule has 0 aromatic heterocycles. The summed E-state index contributed by atoms with van der Waals surface area (Å²) in [5.41, 5.74) is 0. The average Bonchev–Trinajstić information content (AvgIpc) is 1.69. The van der Waals surface area contributed by atoms with Gasteiger partial charge in [0.1, 0.15) is 0 Å². The molecule has 0 bridgehead atoms. The van der Waals surface area contributed by atoms with E-state index in [1.54, 1.807) is 0 Å². The van der Waals surface area contributed by atoms with Gasteiger partial charge in [0, 0.05) is 16.8 Å². The van der Waals surface area contributed by atoms with Gasteiger partial charge in [-0.2, -0.15) is 0 Å². The van der Waals surface area contributed by atoms with Crippen LogP contribution in [-0.2, 0) is 21.6 Å². The number of carboxylic acids is 1. The van der Waals surface area contributed by atoms with E-state index >= 15 is 0 Å². The molecule has 0 amide bonds. The molecule has 1 radical (unpaired) electrons. The maximum Gasteiger partial charge on any atom is 0.306 e. The standard InChI is InChI=1S/C6H12O2.Co/c1-3-5(4-2)6(7)8;/h5H,3-4H2,1-2H3,(H,7,8);. The smallest absolute Gasteiger partial charge is 0.306 e. The van der Waals surface area contributed by atoms with Crippen LogP contribution >= 0.6 is 0 Å². The molecule has 0 atom stereocenters. The summed E-state index contributed by atoms with van der Waals surface area (Å²) in [6.07, 6.45) is 1.48. The summed E-state index contributed by atoms with van der Waals surface area (Å²) in [5, 5.41) is 8.37. The molecule has 0 aliphatic heterocycles. The van der Waals surface area contributed by atoms with Gasteiger partial charge in [-0.3, -0.25) is 4.79 Å². The minimum atomic E-state index is -0.671. The molecule has 0 saturated carbocycles. The summed E-state index contributed by atoms with van der Waals surface area (Å²) in [7, 11) is 0. The normalized spacial score (nSPS) is 8.78. The fourth-order valence-corrected chi connectivity index (χ4v) is 0.638. The summed E-state index contributed by atoms with van der Waals surface area (Å²) in [5.74, 6) is -0.801. The van der Waals surface area contributed by atoms with E-state index in [9.17, 15) is 4.79 Å². The molecule has 0 aromatic rings. The largest absolute Gasteiger partial charge is 0.481 e. The molecular formula is C6H12CoO2. The molecule has 3 heteroatoms. The van der Waals surface area contributed by atoms with Crippen molar-refractivity contribution in [3.8, 4) is 0 Å². The molecule has 0 aromatic carbocycles. The van der Waals surface area contributed by atoms with E-state index in [0.717, 1.165) is 12.8 Å². The summed E-state index contributed by atoms with van der Waals surface area (Å²) in [6.45, 7) is 3.78. The van der Waals surface area contributed by atoms with Gasteiger partial charge in [-0.25, -0.2) is 0 Å². The van der Waals surface area contributed by atoms with Gasteiger partial charge in [0.15, 0.2) is 0 Å². The molecule has 1 N–H and O–H groups in total. The summed E-state index contributed by atoms with van der Waals surface area (Å²) in [6, 6.07) is 0. The maximum absolute atomic E-state index is 10.2. The Bertz CT molecular complexity index is 79.1. The topological polar surface area (TPSA) is 37.3 Å². The molecule has 0 aliphatic carbocycles. The van der Waals surface area contributed by atoms with Crippen LogP contribution < -0.4 is 0 Å². The zero-order valence-electron chi connectivity index (χ0n) is 5.68. The van der Waals surface area contributed by atoms with Crippen LogP contribution in [0.5, 0.6) is 0 Å². The Hall–Kier alpha value is -0.0235. The first-order valence-corrected chi connectivity index (χ1v) is 2.95. The zero-order chi connectivity index (χ0) is 6.57. The minimum absolute atomic E-state index is 0. The Morgan fingerprint density at radius 1 is 1.44 bits per heavy atom. The van der Waals surface area contributed by atoms with Gasteiger partial charge in [0.25, 0.3) is 0 Å². The Balaban J connectivity index is 0. The molecule has 2 nitrogen and oxygen atoms in total. The average molecular weight is 175 g/mol. The van der Waals surface area contributed by atoms with Crippen LogP contribution in [0.4, 0.5) is 0 Å². The molecule has 9 heavy (non-hydrogen) atoms. The van der Waals surface area contributed by atoms with Gasteiger partial charge >= 0.3 is 5.97 Å². The van der Waals surface area contributed by atoms with Gasteiger partial charge in [0.05, 0.1) is 5.92 Å². The molecule has 0 saturated heterocycles. The number of carbonyl (C=O) groups is 1. The van der Waals surface area contributed by atoms with Crippen LogP contribution in [0.1, 0.15) is 26.7 Å². The van der Waals surface area contributed by atoms with E-state index in [2.05, 4.69) is 0 Å². The summed E-state index contributed by atoms with van der Waals surface area (Å²) in [4.78, 5) is 10.2.